The van der Waals surface area contributed by atoms with E-state index in [1.54, 1.807) is 36.4 Å². The summed E-state index contributed by atoms with van der Waals surface area (Å²) in [5, 5.41) is 12.7. The van der Waals surface area contributed by atoms with Crippen molar-refractivity contribution in [2.24, 2.45) is 5.14 Å². The summed E-state index contributed by atoms with van der Waals surface area (Å²) in [5.41, 5.74) is 4.70. The van der Waals surface area contributed by atoms with Gasteiger partial charge in [-0.25, -0.2) is 9.35 Å². The number of nitrogens with two attached hydrogens (primary N) is 1. The third-order valence-electron chi connectivity index (χ3n) is 4.73. The summed E-state index contributed by atoms with van der Waals surface area (Å²) < 4.78 is 11.6. The highest BCUT2D eigenvalue weighted by Crippen LogP contribution is 2.28. The van der Waals surface area contributed by atoms with E-state index in [-0.39, 0.29) is 5.91 Å². The number of pyridine rings is 1. The van der Waals surface area contributed by atoms with E-state index in [9.17, 15) is 9.00 Å². The van der Waals surface area contributed by atoms with Crippen molar-refractivity contribution >= 4 is 44.9 Å². The third kappa shape index (κ3) is 4.07. The first-order valence-corrected chi connectivity index (χ1v) is 10.5. The Morgan fingerprint density at radius 1 is 0.967 bits per heavy atom. The van der Waals surface area contributed by atoms with E-state index in [0.29, 0.717) is 16.1 Å². The second-order valence-electron chi connectivity index (χ2n) is 6.78. The van der Waals surface area contributed by atoms with Gasteiger partial charge in [-0.3, -0.25) is 9.78 Å². The van der Waals surface area contributed by atoms with E-state index in [1.807, 2.05) is 49.5 Å². The van der Waals surface area contributed by atoms with Crippen molar-refractivity contribution in [3.05, 3.63) is 90.1 Å². The van der Waals surface area contributed by atoms with Crippen molar-refractivity contribution < 1.29 is 9.00 Å². The van der Waals surface area contributed by atoms with Gasteiger partial charge in [0.1, 0.15) is 11.0 Å². The van der Waals surface area contributed by atoms with Gasteiger partial charge in [-0.1, -0.05) is 30.3 Å². The van der Waals surface area contributed by atoms with Crippen molar-refractivity contribution in [2.75, 3.05) is 10.6 Å². The zero-order valence-electron chi connectivity index (χ0n) is 16.3. The van der Waals surface area contributed by atoms with E-state index in [1.165, 1.54) is 0 Å². The molecule has 0 fully saturated rings. The number of para-hydroxylation sites is 2. The van der Waals surface area contributed by atoms with Crippen LogP contribution in [0, 0.1) is 6.92 Å². The second kappa shape index (κ2) is 8.44. The molecule has 1 heterocycles. The fourth-order valence-corrected chi connectivity index (χ4v) is 3.74. The molecular weight excluding hydrogens is 396 g/mol. The molecule has 3 aromatic carbocycles. The molecule has 1 atom stereocenters. The molecule has 0 saturated carbocycles. The van der Waals surface area contributed by atoms with Crippen molar-refractivity contribution in [1.29, 1.82) is 0 Å². The molecule has 0 aliphatic heterocycles. The Morgan fingerprint density at radius 2 is 1.67 bits per heavy atom. The Balaban J connectivity index is 1.55. The van der Waals surface area contributed by atoms with Crippen molar-refractivity contribution in [3.63, 3.8) is 0 Å². The fraction of sp³-hybridized carbons (Fsp3) is 0.0435. The predicted molar refractivity (Wildman–Crippen MR) is 121 cm³/mol. The molecule has 7 heteroatoms. The van der Waals surface area contributed by atoms with Gasteiger partial charge in [0, 0.05) is 22.8 Å². The van der Waals surface area contributed by atoms with Crippen LogP contribution in [0.15, 0.2) is 83.9 Å². The van der Waals surface area contributed by atoms with Crippen LogP contribution in [-0.2, 0) is 11.0 Å². The summed E-state index contributed by atoms with van der Waals surface area (Å²) in [6.07, 6.45) is 1.84. The quantitative estimate of drug-likeness (QED) is 0.446. The number of carbonyl (C=O) groups is 1. The van der Waals surface area contributed by atoms with Gasteiger partial charge in [0.25, 0.3) is 5.91 Å². The maximum absolute atomic E-state index is 12.6. The van der Waals surface area contributed by atoms with Crippen LogP contribution >= 0.6 is 0 Å². The molecule has 4 rings (SSSR count). The summed E-state index contributed by atoms with van der Waals surface area (Å²) in [7, 11) is -1.68. The number of fused-ring (bicyclic) bond motifs is 1. The number of carbonyl (C=O) groups excluding carboxylic acids is 1. The van der Waals surface area contributed by atoms with Crippen LogP contribution in [0.5, 0.6) is 0 Å². The lowest BCUT2D eigenvalue weighted by atomic mass is 10.1. The van der Waals surface area contributed by atoms with Crippen molar-refractivity contribution in [2.45, 2.75) is 11.8 Å². The lowest BCUT2D eigenvalue weighted by molar-refractivity contribution is 0.102. The number of aryl methyl sites for hydroxylation is 1. The van der Waals surface area contributed by atoms with Gasteiger partial charge in [0.05, 0.1) is 21.8 Å². The van der Waals surface area contributed by atoms with Gasteiger partial charge in [-0.05, 0) is 55.0 Å². The van der Waals surface area contributed by atoms with Crippen LogP contribution in [0.25, 0.3) is 10.9 Å². The van der Waals surface area contributed by atoms with Crippen LogP contribution < -0.4 is 15.8 Å². The molecule has 0 spiro atoms. The normalized spacial score (nSPS) is 11.8. The summed E-state index contributed by atoms with van der Waals surface area (Å²) >= 11 is 0. The number of amides is 1. The minimum Gasteiger partial charge on any atom is -0.355 e. The molecule has 150 valence electrons. The Labute approximate surface area is 176 Å². The maximum atomic E-state index is 12.6. The highest BCUT2D eigenvalue weighted by Gasteiger charge is 2.12. The molecule has 6 nitrogen and oxygen atoms in total. The lowest BCUT2D eigenvalue weighted by Crippen LogP contribution is -2.15. The summed E-state index contributed by atoms with van der Waals surface area (Å²) in [5.74, 6) is -0.301. The second-order valence-corrected chi connectivity index (χ2v) is 7.82. The van der Waals surface area contributed by atoms with Gasteiger partial charge < -0.3 is 10.6 Å². The van der Waals surface area contributed by atoms with Gasteiger partial charge in [0.2, 0.25) is 0 Å². The SMILES string of the molecule is Cc1cnc2ccccc2c1Nc1ccc(C(=O)Nc2ccccc2S(N)=O)cc1. The van der Waals surface area contributed by atoms with Crippen LogP contribution in [0.3, 0.4) is 0 Å². The molecule has 0 saturated heterocycles. The number of aromatic nitrogens is 1. The molecular formula is C23H20N4O2S. The van der Waals surface area contributed by atoms with Gasteiger partial charge >= 0.3 is 0 Å². The molecule has 0 aliphatic rings. The largest absolute Gasteiger partial charge is 0.355 e. The lowest BCUT2D eigenvalue weighted by Gasteiger charge is -2.13. The highest BCUT2D eigenvalue weighted by molar-refractivity contribution is 7.82. The fourth-order valence-electron chi connectivity index (χ4n) is 3.20. The van der Waals surface area contributed by atoms with Crippen LogP contribution in [0.4, 0.5) is 17.1 Å². The van der Waals surface area contributed by atoms with E-state index < -0.39 is 11.0 Å². The minimum absolute atomic E-state index is 0.301. The number of hydrogen-bond acceptors (Lipinski definition) is 4. The van der Waals surface area contributed by atoms with Crippen LogP contribution in [0.1, 0.15) is 15.9 Å². The molecule has 0 aliphatic carbocycles. The Hall–Kier alpha value is -3.55. The molecule has 0 radical (unpaired) electrons. The Morgan fingerprint density at radius 3 is 2.43 bits per heavy atom. The molecule has 1 amide bonds. The molecule has 4 N–H and O–H groups in total. The maximum Gasteiger partial charge on any atom is 0.255 e. The Bertz CT molecular complexity index is 1260. The number of rotatable bonds is 5. The molecule has 1 unspecified atom stereocenters. The van der Waals surface area contributed by atoms with Crippen LogP contribution in [0.2, 0.25) is 0 Å². The number of hydrogen-bond donors (Lipinski definition) is 3. The molecule has 0 bridgehead atoms. The smallest absolute Gasteiger partial charge is 0.255 e. The van der Waals surface area contributed by atoms with Crippen molar-refractivity contribution in [3.8, 4) is 0 Å². The van der Waals surface area contributed by atoms with Gasteiger partial charge in [-0.15, -0.1) is 0 Å². The number of nitrogens with one attached hydrogen (secondary N) is 2. The first-order chi connectivity index (χ1) is 14.5. The molecule has 4 aromatic rings. The first kappa shape index (κ1) is 19.8. The molecule has 30 heavy (non-hydrogen) atoms. The van der Waals surface area contributed by atoms with E-state index in [0.717, 1.165) is 27.8 Å². The predicted octanol–water partition coefficient (Wildman–Crippen LogP) is 4.52. The summed E-state index contributed by atoms with van der Waals surface area (Å²) in [6, 6.07) is 21.9. The first-order valence-electron chi connectivity index (χ1n) is 9.31. The summed E-state index contributed by atoms with van der Waals surface area (Å²) in [6.45, 7) is 2.00. The van der Waals surface area contributed by atoms with Gasteiger partial charge in [-0.2, -0.15) is 0 Å². The zero-order chi connectivity index (χ0) is 21.1. The third-order valence-corrected chi connectivity index (χ3v) is 5.52. The van der Waals surface area contributed by atoms with Crippen LogP contribution in [-0.4, -0.2) is 15.1 Å². The zero-order valence-corrected chi connectivity index (χ0v) is 17.1. The number of benzene rings is 3. The minimum atomic E-state index is -1.68. The average molecular weight is 417 g/mol. The van der Waals surface area contributed by atoms with E-state index in [4.69, 9.17) is 5.14 Å². The van der Waals surface area contributed by atoms with Crippen molar-refractivity contribution in [1.82, 2.24) is 4.98 Å². The van der Waals surface area contributed by atoms with E-state index >= 15 is 0 Å². The topological polar surface area (TPSA) is 97.1 Å². The molecule has 1 aromatic heterocycles. The monoisotopic (exact) mass is 416 g/mol. The van der Waals surface area contributed by atoms with Gasteiger partial charge in [0.15, 0.2) is 0 Å². The van der Waals surface area contributed by atoms with E-state index in [2.05, 4.69) is 15.6 Å². The average Bonchev–Trinajstić information content (AvgIpc) is 2.76. The standard InChI is InChI=1S/C23H20N4O2S/c1-15-14-25-19-7-3-2-6-18(19)22(15)26-17-12-10-16(11-13-17)23(28)27-20-8-4-5-9-21(20)30(24)29/h2-14H,24H2,1H3,(H,25,26)(H,27,28). The Kier molecular flexibility index (Phi) is 5.56. The number of nitrogens with zero attached hydrogens (tertiary/aromatic N) is 1. The summed E-state index contributed by atoms with van der Waals surface area (Å²) in [4.78, 5) is 17.4. The number of anilines is 3. The highest BCUT2D eigenvalue weighted by atomic mass is 32.2.